The molecule has 29 heavy (non-hydrogen) atoms. The molecule has 4 rings (SSSR count). The smallest absolute Gasteiger partial charge is 0.313 e. The molecule has 6 nitrogen and oxygen atoms in total. The molecular weight excluding hydrogens is 395 g/mol. The molecule has 0 bridgehead atoms. The van der Waals surface area contributed by atoms with Crippen molar-refractivity contribution in [2.75, 3.05) is 0 Å². The Bertz CT molecular complexity index is 1360. The van der Waals surface area contributed by atoms with E-state index in [1.807, 2.05) is 31.2 Å². The summed E-state index contributed by atoms with van der Waals surface area (Å²) in [5.74, 6) is -0.0162. The van der Waals surface area contributed by atoms with E-state index in [-0.39, 0.29) is 28.3 Å². The van der Waals surface area contributed by atoms with Crippen molar-refractivity contribution in [1.29, 1.82) is 0 Å². The Morgan fingerprint density at radius 2 is 1.79 bits per heavy atom. The number of nitrogens with zero attached hydrogens (tertiary/aromatic N) is 4. The van der Waals surface area contributed by atoms with Crippen LogP contribution in [0.4, 0.5) is 4.39 Å². The number of aryl methyl sites for hydroxylation is 2. The Morgan fingerprint density at radius 1 is 1.07 bits per heavy atom. The third-order valence-electron chi connectivity index (χ3n) is 5.00. The normalized spacial score (nSPS) is 11.3. The molecular formula is C21H18ClFN4O2. The Balaban J connectivity index is 2.11. The van der Waals surface area contributed by atoms with Gasteiger partial charge in [0.25, 0.3) is 5.56 Å². The summed E-state index contributed by atoms with van der Waals surface area (Å²) < 4.78 is 18.5. The quantitative estimate of drug-likeness (QED) is 0.519. The van der Waals surface area contributed by atoms with Gasteiger partial charge in [-0.25, -0.2) is 14.2 Å². The second-order valence-electron chi connectivity index (χ2n) is 6.97. The summed E-state index contributed by atoms with van der Waals surface area (Å²) >= 11 is 6.24. The van der Waals surface area contributed by atoms with E-state index in [1.54, 1.807) is 17.7 Å². The van der Waals surface area contributed by atoms with Crippen molar-refractivity contribution < 1.29 is 4.39 Å². The summed E-state index contributed by atoms with van der Waals surface area (Å²) in [6, 6.07) is 12.0. The maximum Gasteiger partial charge on any atom is 0.332 e. The number of fused-ring (bicyclic) bond motifs is 1. The summed E-state index contributed by atoms with van der Waals surface area (Å²) in [4.78, 5) is 29.9. The van der Waals surface area contributed by atoms with Crippen LogP contribution in [0.5, 0.6) is 0 Å². The fraction of sp³-hybridized carbons (Fsp3) is 0.190. The molecule has 8 heteroatoms. The Labute approximate surface area is 170 Å². The number of hydrogen-bond acceptors (Lipinski definition) is 3. The van der Waals surface area contributed by atoms with Gasteiger partial charge >= 0.3 is 5.69 Å². The van der Waals surface area contributed by atoms with Crippen LogP contribution in [0.15, 0.2) is 52.1 Å². The monoisotopic (exact) mass is 412 g/mol. The van der Waals surface area contributed by atoms with Crippen molar-refractivity contribution in [2.45, 2.75) is 13.5 Å². The van der Waals surface area contributed by atoms with Gasteiger partial charge in [-0.1, -0.05) is 41.4 Å². The molecule has 2 aromatic heterocycles. The molecule has 4 aromatic rings. The molecule has 0 atom stereocenters. The van der Waals surface area contributed by atoms with Crippen molar-refractivity contribution >= 4 is 22.8 Å². The van der Waals surface area contributed by atoms with Crippen molar-refractivity contribution in [2.24, 2.45) is 14.1 Å². The summed E-state index contributed by atoms with van der Waals surface area (Å²) in [5.41, 5.74) is 1.48. The van der Waals surface area contributed by atoms with Crippen LogP contribution in [0.2, 0.25) is 5.02 Å². The number of halogens is 2. The van der Waals surface area contributed by atoms with Gasteiger partial charge in [0.05, 0.1) is 6.54 Å². The maximum atomic E-state index is 14.5. The highest BCUT2D eigenvalue weighted by Crippen LogP contribution is 2.27. The molecule has 0 N–H and O–H groups in total. The molecule has 2 heterocycles. The van der Waals surface area contributed by atoms with Crippen LogP contribution in [-0.4, -0.2) is 18.7 Å². The van der Waals surface area contributed by atoms with Crippen molar-refractivity contribution in [3.05, 3.63) is 85.3 Å². The highest BCUT2D eigenvalue weighted by atomic mass is 35.5. The third-order valence-corrected chi connectivity index (χ3v) is 5.36. The summed E-state index contributed by atoms with van der Waals surface area (Å²) in [6.45, 7) is 1.94. The van der Waals surface area contributed by atoms with Crippen LogP contribution in [0.1, 0.15) is 11.1 Å². The molecule has 0 amide bonds. The first-order valence-electron chi connectivity index (χ1n) is 8.95. The van der Waals surface area contributed by atoms with E-state index in [0.29, 0.717) is 5.82 Å². The second-order valence-corrected chi connectivity index (χ2v) is 7.38. The number of hydrogen-bond donors (Lipinski definition) is 0. The van der Waals surface area contributed by atoms with E-state index in [2.05, 4.69) is 4.98 Å². The predicted octanol–water partition coefficient (Wildman–Crippen LogP) is 3.25. The molecule has 0 spiro atoms. The highest BCUT2D eigenvalue weighted by Gasteiger charge is 2.22. The lowest BCUT2D eigenvalue weighted by atomic mass is 10.1. The van der Waals surface area contributed by atoms with E-state index in [0.717, 1.165) is 15.7 Å². The molecule has 0 saturated heterocycles. The van der Waals surface area contributed by atoms with Gasteiger partial charge in [0.15, 0.2) is 11.2 Å². The number of rotatable bonds is 3. The topological polar surface area (TPSA) is 61.8 Å². The van der Waals surface area contributed by atoms with Gasteiger partial charge in [-0.05, 0) is 25.1 Å². The first kappa shape index (κ1) is 19.1. The molecule has 0 fully saturated rings. The second kappa shape index (κ2) is 7.00. The fourth-order valence-corrected chi connectivity index (χ4v) is 3.67. The van der Waals surface area contributed by atoms with Crippen LogP contribution in [0, 0.1) is 12.7 Å². The third kappa shape index (κ3) is 3.07. The lowest BCUT2D eigenvalue weighted by Crippen LogP contribution is -2.37. The summed E-state index contributed by atoms with van der Waals surface area (Å²) in [5, 5.41) is 0.253. The first-order valence-corrected chi connectivity index (χ1v) is 9.33. The van der Waals surface area contributed by atoms with Gasteiger partial charge in [0, 0.05) is 30.2 Å². The molecule has 0 aliphatic rings. The van der Waals surface area contributed by atoms with Crippen LogP contribution >= 0.6 is 11.6 Å². The molecule has 2 aromatic carbocycles. The Kier molecular flexibility index (Phi) is 4.62. The summed E-state index contributed by atoms with van der Waals surface area (Å²) in [6.07, 6.45) is 0. The zero-order chi connectivity index (χ0) is 20.9. The molecule has 0 aliphatic heterocycles. The van der Waals surface area contributed by atoms with Crippen LogP contribution < -0.4 is 11.2 Å². The van der Waals surface area contributed by atoms with E-state index in [4.69, 9.17) is 11.6 Å². The molecule has 0 aliphatic carbocycles. The van der Waals surface area contributed by atoms with Crippen LogP contribution in [0.25, 0.3) is 22.6 Å². The van der Waals surface area contributed by atoms with Crippen molar-refractivity contribution in [3.8, 4) is 11.4 Å². The SMILES string of the molecule is Cc1cccc(-c2nc3c(c(=O)n(C)c(=O)n3C)n2Cc2c(F)cccc2Cl)c1. The van der Waals surface area contributed by atoms with E-state index < -0.39 is 17.1 Å². The standard InChI is InChI=1S/C21H18ClFN4O2/c1-12-6-4-7-13(10-12)18-24-19-17(20(28)26(3)21(29)25(19)2)27(18)11-14-15(22)8-5-9-16(14)23/h4-10H,11H2,1-3H3. The van der Waals surface area contributed by atoms with Gasteiger partial charge < -0.3 is 4.57 Å². The lowest BCUT2D eigenvalue weighted by molar-refractivity contribution is 0.601. The fourth-order valence-electron chi connectivity index (χ4n) is 3.45. The molecule has 0 radical (unpaired) electrons. The Hall–Kier alpha value is -3.19. The predicted molar refractivity (Wildman–Crippen MR) is 111 cm³/mol. The van der Waals surface area contributed by atoms with E-state index >= 15 is 0 Å². The number of imidazole rings is 1. The Morgan fingerprint density at radius 3 is 2.48 bits per heavy atom. The average Bonchev–Trinajstić information content (AvgIpc) is 3.07. The average molecular weight is 413 g/mol. The van der Waals surface area contributed by atoms with Gasteiger partial charge in [-0.15, -0.1) is 0 Å². The van der Waals surface area contributed by atoms with Gasteiger partial charge in [0.1, 0.15) is 11.6 Å². The van der Waals surface area contributed by atoms with Crippen molar-refractivity contribution in [3.63, 3.8) is 0 Å². The van der Waals surface area contributed by atoms with Crippen LogP contribution in [0.3, 0.4) is 0 Å². The lowest BCUT2D eigenvalue weighted by Gasteiger charge is -2.12. The number of benzene rings is 2. The van der Waals surface area contributed by atoms with Gasteiger partial charge in [0.2, 0.25) is 0 Å². The van der Waals surface area contributed by atoms with E-state index in [1.165, 1.54) is 23.7 Å². The largest absolute Gasteiger partial charge is 0.332 e. The minimum absolute atomic E-state index is 0.00126. The highest BCUT2D eigenvalue weighted by molar-refractivity contribution is 6.31. The molecule has 0 saturated carbocycles. The maximum absolute atomic E-state index is 14.5. The molecule has 148 valence electrons. The van der Waals surface area contributed by atoms with Gasteiger partial charge in [-0.3, -0.25) is 13.9 Å². The van der Waals surface area contributed by atoms with Crippen molar-refractivity contribution in [1.82, 2.24) is 18.7 Å². The van der Waals surface area contributed by atoms with Gasteiger partial charge in [-0.2, -0.15) is 0 Å². The summed E-state index contributed by atoms with van der Waals surface area (Å²) in [7, 11) is 2.96. The minimum atomic E-state index is -0.498. The van der Waals surface area contributed by atoms with Crippen LogP contribution in [-0.2, 0) is 20.6 Å². The minimum Gasteiger partial charge on any atom is -0.313 e. The zero-order valence-corrected chi connectivity index (χ0v) is 16.9. The first-order chi connectivity index (χ1) is 13.8. The zero-order valence-electron chi connectivity index (χ0n) is 16.1. The number of aromatic nitrogens is 4. The molecule has 0 unspecified atom stereocenters. The van der Waals surface area contributed by atoms with E-state index in [9.17, 15) is 14.0 Å².